The van der Waals surface area contributed by atoms with Crippen LogP contribution in [-0.4, -0.2) is 21.8 Å². The van der Waals surface area contributed by atoms with Gasteiger partial charge in [0.1, 0.15) is 0 Å². The van der Waals surface area contributed by atoms with Crippen molar-refractivity contribution in [3.05, 3.63) is 18.2 Å². The molecule has 6 heteroatoms. The molecule has 0 saturated carbocycles. The first-order valence-corrected chi connectivity index (χ1v) is 5.23. The van der Waals surface area contributed by atoms with Crippen LogP contribution in [0.3, 0.4) is 0 Å². The van der Waals surface area contributed by atoms with Crippen LogP contribution in [0.15, 0.2) is 12.5 Å². The fourth-order valence-electron chi connectivity index (χ4n) is 1.30. The molecule has 2 N–H and O–H groups in total. The number of imidazole rings is 1. The fourth-order valence-corrected chi connectivity index (χ4v) is 1.30. The number of nitrogens with zero attached hydrogens (tertiary/aromatic N) is 2. The quantitative estimate of drug-likeness (QED) is 0.849. The summed E-state index contributed by atoms with van der Waals surface area (Å²) in [5.74, 6) is 0. The smallest absolute Gasteiger partial charge is 0.337 e. The van der Waals surface area contributed by atoms with E-state index in [0.29, 0.717) is 6.42 Å². The summed E-state index contributed by atoms with van der Waals surface area (Å²) in [7, 11) is 0. The molecule has 0 spiro atoms. The van der Waals surface area contributed by atoms with E-state index in [0.717, 1.165) is 12.1 Å². The SMILES string of the molecule is CCC(N)Cc1cn(CCC(F)(F)F)cn1. The number of rotatable bonds is 5. The minimum atomic E-state index is -4.12. The number of hydrogen-bond acceptors (Lipinski definition) is 2. The standard InChI is InChI=1S/C10H16F3N3/c1-2-8(14)5-9-6-16(7-15-9)4-3-10(11,12)13/h6-8H,2-5,14H2,1H3. The molecule has 0 aliphatic carbocycles. The van der Waals surface area contributed by atoms with Crippen LogP contribution in [0.1, 0.15) is 25.5 Å². The van der Waals surface area contributed by atoms with Crippen molar-refractivity contribution in [2.75, 3.05) is 0 Å². The molecule has 1 rings (SSSR count). The molecule has 1 heterocycles. The first kappa shape index (κ1) is 13.0. The average Bonchev–Trinajstić information content (AvgIpc) is 2.61. The van der Waals surface area contributed by atoms with Crippen molar-refractivity contribution >= 4 is 0 Å². The highest BCUT2D eigenvalue weighted by Crippen LogP contribution is 2.20. The van der Waals surface area contributed by atoms with E-state index in [1.807, 2.05) is 6.92 Å². The second kappa shape index (κ2) is 5.34. The van der Waals surface area contributed by atoms with Crippen LogP contribution < -0.4 is 5.73 Å². The highest BCUT2D eigenvalue weighted by molar-refractivity contribution is 4.99. The maximum absolute atomic E-state index is 12.0. The van der Waals surface area contributed by atoms with Gasteiger partial charge in [-0.2, -0.15) is 13.2 Å². The highest BCUT2D eigenvalue weighted by Gasteiger charge is 2.26. The van der Waals surface area contributed by atoms with Gasteiger partial charge in [-0.15, -0.1) is 0 Å². The monoisotopic (exact) mass is 235 g/mol. The summed E-state index contributed by atoms with van der Waals surface area (Å²) in [5, 5.41) is 0. The van der Waals surface area contributed by atoms with Crippen molar-refractivity contribution in [3.8, 4) is 0 Å². The van der Waals surface area contributed by atoms with Gasteiger partial charge in [0.05, 0.1) is 18.4 Å². The van der Waals surface area contributed by atoms with E-state index in [4.69, 9.17) is 5.73 Å². The molecule has 16 heavy (non-hydrogen) atoms. The van der Waals surface area contributed by atoms with Crippen LogP contribution in [0.5, 0.6) is 0 Å². The van der Waals surface area contributed by atoms with Crippen LogP contribution in [0.4, 0.5) is 13.2 Å². The summed E-state index contributed by atoms with van der Waals surface area (Å²) in [6, 6.07) is 0.0194. The average molecular weight is 235 g/mol. The van der Waals surface area contributed by atoms with Gasteiger partial charge >= 0.3 is 6.18 Å². The lowest BCUT2D eigenvalue weighted by Gasteiger charge is -2.06. The molecule has 1 aromatic rings. The molecule has 3 nitrogen and oxygen atoms in total. The van der Waals surface area contributed by atoms with Gasteiger partial charge < -0.3 is 10.3 Å². The molecule has 1 aromatic heterocycles. The Balaban J connectivity index is 2.45. The fraction of sp³-hybridized carbons (Fsp3) is 0.700. The summed E-state index contributed by atoms with van der Waals surface area (Å²) in [4.78, 5) is 4.02. The molecular formula is C10H16F3N3. The van der Waals surface area contributed by atoms with Gasteiger partial charge in [-0.3, -0.25) is 0 Å². The van der Waals surface area contributed by atoms with E-state index in [9.17, 15) is 13.2 Å². The van der Waals surface area contributed by atoms with Gasteiger partial charge in [0.15, 0.2) is 0 Å². The Morgan fingerprint density at radius 3 is 2.75 bits per heavy atom. The first-order chi connectivity index (χ1) is 7.40. The van der Waals surface area contributed by atoms with E-state index in [2.05, 4.69) is 4.98 Å². The third kappa shape index (κ3) is 4.65. The van der Waals surface area contributed by atoms with Crippen LogP contribution in [0.25, 0.3) is 0 Å². The number of aromatic nitrogens is 2. The topological polar surface area (TPSA) is 43.8 Å². The molecular weight excluding hydrogens is 219 g/mol. The Morgan fingerprint density at radius 1 is 1.50 bits per heavy atom. The van der Waals surface area contributed by atoms with E-state index in [1.54, 1.807) is 6.20 Å². The van der Waals surface area contributed by atoms with Crippen LogP contribution in [0.2, 0.25) is 0 Å². The van der Waals surface area contributed by atoms with Gasteiger partial charge in [-0.25, -0.2) is 4.98 Å². The number of alkyl halides is 3. The molecule has 0 radical (unpaired) electrons. The van der Waals surface area contributed by atoms with Gasteiger partial charge in [-0.1, -0.05) is 6.92 Å². The van der Waals surface area contributed by atoms with E-state index in [1.165, 1.54) is 10.9 Å². The molecule has 0 bridgehead atoms. The lowest BCUT2D eigenvalue weighted by molar-refractivity contribution is -0.136. The summed E-state index contributed by atoms with van der Waals surface area (Å²) in [6.45, 7) is 1.88. The Labute approximate surface area is 92.5 Å². The summed E-state index contributed by atoms with van der Waals surface area (Å²) < 4.78 is 37.3. The van der Waals surface area contributed by atoms with E-state index >= 15 is 0 Å². The zero-order chi connectivity index (χ0) is 12.2. The number of halogens is 3. The molecule has 0 saturated heterocycles. The van der Waals surface area contributed by atoms with Crippen molar-refractivity contribution in [1.82, 2.24) is 9.55 Å². The Morgan fingerprint density at radius 2 is 2.19 bits per heavy atom. The molecule has 92 valence electrons. The second-order valence-corrected chi connectivity index (χ2v) is 3.84. The molecule has 0 aliphatic heterocycles. The number of aryl methyl sites for hydroxylation is 1. The lowest BCUT2D eigenvalue weighted by Crippen LogP contribution is -2.21. The zero-order valence-electron chi connectivity index (χ0n) is 9.17. The highest BCUT2D eigenvalue weighted by atomic mass is 19.4. The van der Waals surface area contributed by atoms with Gasteiger partial charge in [-0.05, 0) is 6.42 Å². The Kier molecular flexibility index (Phi) is 4.35. The predicted molar refractivity (Wildman–Crippen MR) is 54.9 cm³/mol. The van der Waals surface area contributed by atoms with Gasteiger partial charge in [0, 0.05) is 25.2 Å². The van der Waals surface area contributed by atoms with Crippen molar-refractivity contribution in [3.63, 3.8) is 0 Å². The zero-order valence-corrected chi connectivity index (χ0v) is 9.17. The molecule has 0 fully saturated rings. The maximum atomic E-state index is 12.0. The van der Waals surface area contributed by atoms with Crippen molar-refractivity contribution < 1.29 is 13.2 Å². The van der Waals surface area contributed by atoms with Crippen LogP contribution >= 0.6 is 0 Å². The molecule has 0 aliphatic rings. The largest absolute Gasteiger partial charge is 0.390 e. The minimum absolute atomic E-state index is 0.0194. The van der Waals surface area contributed by atoms with Crippen molar-refractivity contribution in [1.29, 1.82) is 0 Å². The predicted octanol–water partition coefficient (Wildman–Crippen LogP) is 2.12. The first-order valence-electron chi connectivity index (χ1n) is 5.23. The second-order valence-electron chi connectivity index (χ2n) is 3.84. The van der Waals surface area contributed by atoms with Crippen molar-refractivity contribution in [2.24, 2.45) is 5.73 Å². The van der Waals surface area contributed by atoms with Crippen LogP contribution in [-0.2, 0) is 13.0 Å². The number of hydrogen-bond donors (Lipinski definition) is 1. The third-order valence-electron chi connectivity index (χ3n) is 2.34. The van der Waals surface area contributed by atoms with Crippen LogP contribution in [0, 0.1) is 0 Å². The van der Waals surface area contributed by atoms with Gasteiger partial charge in [0.25, 0.3) is 0 Å². The van der Waals surface area contributed by atoms with E-state index in [-0.39, 0.29) is 12.6 Å². The molecule has 0 amide bonds. The summed E-state index contributed by atoms with van der Waals surface area (Å²) in [6.07, 6.45) is -0.470. The molecule has 1 unspecified atom stereocenters. The number of nitrogens with two attached hydrogens (primary N) is 1. The third-order valence-corrected chi connectivity index (χ3v) is 2.34. The van der Waals surface area contributed by atoms with Crippen molar-refractivity contribution in [2.45, 2.75) is 44.9 Å². The summed E-state index contributed by atoms with van der Waals surface area (Å²) >= 11 is 0. The molecule has 1 atom stereocenters. The Hall–Kier alpha value is -1.04. The lowest BCUT2D eigenvalue weighted by atomic mass is 10.1. The Bertz CT molecular complexity index is 319. The minimum Gasteiger partial charge on any atom is -0.337 e. The van der Waals surface area contributed by atoms with E-state index < -0.39 is 12.6 Å². The molecule has 0 aromatic carbocycles. The van der Waals surface area contributed by atoms with Gasteiger partial charge in [0.2, 0.25) is 0 Å². The summed E-state index contributed by atoms with van der Waals surface area (Å²) in [5.41, 5.74) is 6.47. The normalized spacial score (nSPS) is 14.1. The maximum Gasteiger partial charge on any atom is 0.390 e.